The number of hydrogen-bond donors (Lipinski definition) is 0. The molecule has 0 saturated heterocycles. The highest BCUT2D eigenvalue weighted by molar-refractivity contribution is 6.29. The maximum Gasteiger partial charge on any atom is 0.181 e. The summed E-state index contributed by atoms with van der Waals surface area (Å²) in [6.45, 7) is 5.71. The summed E-state index contributed by atoms with van der Waals surface area (Å²) in [5.41, 5.74) is 0.322. The van der Waals surface area contributed by atoms with Gasteiger partial charge in [0, 0.05) is 5.92 Å². The van der Waals surface area contributed by atoms with E-state index in [0.29, 0.717) is 11.5 Å². The average Bonchev–Trinajstić information content (AvgIpc) is 2.13. The van der Waals surface area contributed by atoms with Crippen molar-refractivity contribution >= 4 is 11.6 Å². The van der Waals surface area contributed by atoms with Crippen molar-refractivity contribution in [1.29, 1.82) is 0 Å². The van der Waals surface area contributed by atoms with Crippen molar-refractivity contribution in [1.82, 2.24) is 9.97 Å². The van der Waals surface area contributed by atoms with E-state index in [1.54, 1.807) is 6.92 Å². The third kappa shape index (κ3) is 2.41. The monoisotopic (exact) mass is 216 g/mol. The molecule has 0 amide bonds. The van der Waals surface area contributed by atoms with Crippen molar-refractivity contribution < 1.29 is 4.39 Å². The van der Waals surface area contributed by atoms with Crippen molar-refractivity contribution in [2.45, 2.75) is 39.5 Å². The van der Waals surface area contributed by atoms with E-state index in [9.17, 15) is 4.39 Å². The maximum atomic E-state index is 13.1. The maximum absolute atomic E-state index is 13.1. The van der Waals surface area contributed by atoms with Crippen LogP contribution in [0.3, 0.4) is 0 Å². The number of aromatic nitrogens is 2. The number of nitrogens with zero attached hydrogens (tertiary/aromatic N) is 2. The van der Waals surface area contributed by atoms with Gasteiger partial charge in [-0.3, -0.25) is 0 Å². The van der Waals surface area contributed by atoms with Crippen LogP contribution < -0.4 is 0 Å². The average molecular weight is 217 g/mol. The fraction of sp³-hybridized carbons (Fsp3) is 0.600. The summed E-state index contributed by atoms with van der Waals surface area (Å²) in [5, 5.41) is -0.0737. The van der Waals surface area contributed by atoms with E-state index >= 15 is 0 Å². The number of rotatable bonds is 3. The molecule has 1 aromatic rings. The van der Waals surface area contributed by atoms with Gasteiger partial charge in [-0.15, -0.1) is 0 Å². The summed E-state index contributed by atoms with van der Waals surface area (Å²) < 4.78 is 13.1. The zero-order valence-electron chi connectivity index (χ0n) is 8.64. The predicted octanol–water partition coefficient (Wildman–Crippen LogP) is 3.48. The second-order valence-corrected chi connectivity index (χ2v) is 3.82. The van der Waals surface area contributed by atoms with E-state index in [-0.39, 0.29) is 11.1 Å². The fourth-order valence-corrected chi connectivity index (χ4v) is 1.55. The SMILES string of the molecule is CCCC(C)c1nc(C)c(F)c(Cl)n1. The molecule has 0 aromatic carbocycles. The molecule has 1 rings (SSSR count). The fourth-order valence-electron chi connectivity index (χ4n) is 1.33. The quantitative estimate of drug-likeness (QED) is 0.723. The van der Waals surface area contributed by atoms with E-state index in [2.05, 4.69) is 16.9 Å². The Morgan fingerprint density at radius 3 is 2.57 bits per heavy atom. The normalized spacial score (nSPS) is 12.9. The van der Waals surface area contributed by atoms with Gasteiger partial charge < -0.3 is 0 Å². The minimum atomic E-state index is -0.515. The lowest BCUT2D eigenvalue weighted by molar-refractivity contribution is 0.574. The van der Waals surface area contributed by atoms with Crippen LogP contribution in [0, 0.1) is 12.7 Å². The third-order valence-electron chi connectivity index (χ3n) is 2.16. The van der Waals surface area contributed by atoms with Gasteiger partial charge in [0.1, 0.15) is 5.82 Å². The minimum absolute atomic E-state index is 0.0737. The summed E-state index contributed by atoms with van der Waals surface area (Å²) >= 11 is 5.64. The Labute approximate surface area is 88.5 Å². The molecule has 0 spiro atoms. The largest absolute Gasteiger partial charge is 0.235 e. The van der Waals surface area contributed by atoms with Crippen molar-refractivity contribution in [3.8, 4) is 0 Å². The lowest BCUT2D eigenvalue weighted by Gasteiger charge is -2.09. The predicted molar refractivity (Wildman–Crippen MR) is 55.1 cm³/mol. The lowest BCUT2D eigenvalue weighted by Crippen LogP contribution is -2.04. The van der Waals surface area contributed by atoms with Gasteiger partial charge in [-0.05, 0) is 13.3 Å². The summed E-state index contributed by atoms with van der Waals surface area (Å²) in [6, 6.07) is 0. The highest BCUT2D eigenvalue weighted by Gasteiger charge is 2.13. The van der Waals surface area contributed by atoms with Crippen molar-refractivity contribution in [3.05, 3.63) is 22.5 Å². The van der Waals surface area contributed by atoms with Crippen LogP contribution in [0.15, 0.2) is 0 Å². The van der Waals surface area contributed by atoms with Crippen LogP contribution in [-0.2, 0) is 0 Å². The van der Waals surface area contributed by atoms with E-state index < -0.39 is 5.82 Å². The molecule has 0 aliphatic rings. The Bertz CT molecular complexity index is 305. The summed E-state index contributed by atoms with van der Waals surface area (Å²) in [5.74, 6) is 0.353. The molecule has 2 nitrogen and oxygen atoms in total. The Balaban J connectivity index is 3.00. The number of hydrogen-bond acceptors (Lipinski definition) is 2. The van der Waals surface area contributed by atoms with Gasteiger partial charge >= 0.3 is 0 Å². The molecule has 1 atom stereocenters. The molecule has 0 N–H and O–H groups in total. The molecule has 0 aliphatic carbocycles. The van der Waals surface area contributed by atoms with Crippen LogP contribution in [0.5, 0.6) is 0 Å². The van der Waals surface area contributed by atoms with Gasteiger partial charge in [0.25, 0.3) is 0 Å². The van der Waals surface area contributed by atoms with Crippen molar-refractivity contribution in [2.24, 2.45) is 0 Å². The van der Waals surface area contributed by atoms with Crippen LogP contribution >= 0.6 is 11.6 Å². The van der Waals surface area contributed by atoms with Gasteiger partial charge in [-0.1, -0.05) is 31.9 Å². The Kier molecular flexibility index (Phi) is 3.81. The molecule has 1 unspecified atom stereocenters. The van der Waals surface area contributed by atoms with E-state index in [0.717, 1.165) is 12.8 Å². The molecule has 1 aromatic heterocycles. The van der Waals surface area contributed by atoms with Gasteiger partial charge in [-0.25, -0.2) is 14.4 Å². The van der Waals surface area contributed by atoms with Crippen LogP contribution in [0.2, 0.25) is 5.15 Å². The summed E-state index contributed by atoms with van der Waals surface area (Å²) in [6.07, 6.45) is 2.04. The van der Waals surface area contributed by atoms with Gasteiger partial charge in [0.2, 0.25) is 0 Å². The van der Waals surface area contributed by atoms with Crippen LogP contribution in [0.4, 0.5) is 4.39 Å². The molecule has 0 fully saturated rings. The molecule has 14 heavy (non-hydrogen) atoms. The van der Waals surface area contributed by atoms with E-state index in [1.807, 2.05) is 6.92 Å². The molecule has 4 heteroatoms. The summed E-state index contributed by atoms with van der Waals surface area (Å²) in [4.78, 5) is 8.01. The van der Waals surface area contributed by atoms with Gasteiger partial charge in [-0.2, -0.15) is 0 Å². The highest BCUT2D eigenvalue weighted by atomic mass is 35.5. The van der Waals surface area contributed by atoms with Crippen molar-refractivity contribution in [3.63, 3.8) is 0 Å². The molecular formula is C10H14ClFN2. The first-order chi connectivity index (χ1) is 6.56. The van der Waals surface area contributed by atoms with E-state index in [1.165, 1.54) is 0 Å². The van der Waals surface area contributed by atoms with Gasteiger partial charge in [0.15, 0.2) is 11.0 Å². The zero-order valence-corrected chi connectivity index (χ0v) is 9.40. The summed E-state index contributed by atoms with van der Waals surface area (Å²) in [7, 11) is 0. The molecule has 0 saturated carbocycles. The Morgan fingerprint density at radius 1 is 1.43 bits per heavy atom. The van der Waals surface area contributed by atoms with E-state index in [4.69, 9.17) is 11.6 Å². The minimum Gasteiger partial charge on any atom is -0.235 e. The molecule has 0 radical (unpaired) electrons. The topological polar surface area (TPSA) is 25.8 Å². The first-order valence-electron chi connectivity index (χ1n) is 4.75. The smallest absolute Gasteiger partial charge is 0.181 e. The number of aryl methyl sites for hydroxylation is 1. The first-order valence-corrected chi connectivity index (χ1v) is 5.13. The number of halogens is 2. The highest BCUT2D eigenvalue weighted by Crippen LogP contribution is 2.21. The first kappa shape index (κ1) is 11.4. The molecule has 0 aliphatic heterocycles. The van der Waals surface area contributed by atoms with Crippen molar-refractivity contribution in [2.75, 3.05) is 0 Å². The van der Waals surface area contributed by atoms with Crippen LogP contribution in [-0.4, -0.2) is 9.97 Å². The standard InChI is InChI=1S/C10H14ClFN2/c1-4-5-6(2)10-13-7(3)8(12)9(11)14-10/h6H,4-5H2,1-3H3. The second-order valence-electron chi connectivity index (χ2n) is 3.46. The Hall–Kier alpha value is -0.700. The van der Waals surface area contributed by atoms with Gasteiger partial charge in [0.05, 0.1) is 5.69 Å². The zero-order chi connectivity index (χ0) is 10.7. The third-order valence-corrected chi connectivity index (χ3v) is 2.41. The van der Waals surface area contributed by atoms with Crippen LogP contribution in [0.1, 0.15) is 44.1 Å². The van der Waals surface area contributed by atoms with Crippen LogP contribution in [0.25, 0.3) is 0 Å². The second kappa shape index (κ2) is 4.69. The molecular weight excluding hydrogens is 203 g/mol. The lowest BCUT2D eigenvalue weighted by atomic mass is 10.1. The molecule has 1 heterocycles. The molecule has 0 bridgehead atoms. The molecule has 78 valence electrons. The Morgan fingerprint density at radius 2 is 2.07 bits per heavy atom.